The molecule has 0 radical (unpaired) electrons. The van der Waals surface area contributed by atoms with Gasteiger partial charge in [-0.15, -0.1) is 0 Å². The molecule has 1 amide bonds. The van der Waals surface area contributed by atoms with Gasteiger partial charge in [-0.2, -0.15) is 0 Å². The third-order valence-electron chi connectivity index (χ3n) is 3.23. The van der Waals surface area contributed by atoms with Crippen LogP contribution in [0.4, 0.5) is 4.79 Å². The molecular weight excluding hydrogens is 276 g/mol. The summed E-state index contributed by atoms with van der Waals surface area (Å²) >= 11 is 0. The van der Waals surface area contributed by atoms with Crippen molar-refractivity contribution < 1.29 is 23.8 Å². The van der Waals surface area contributed by atoms with E-state index in [0.29, 0.717) is 13.0 Å². The maximum absolute atomic E-state index is 12.3. The van der Waals surface area contributed by atoms with Gasteiger partial charge in [-0.3, -0.25) is 4.90 Å². The lowest BCUT2D eigenvalue weighted by Gasteiger charge is -2.35. The predicted octanol–water partition coefficient (Wildman–Crippen LogP) is 2.83. The molecule has 7 nitrogen and oxygen atoms in total. The number of piperidine rings is 1. The molecule has 116 valence electrons. The van der Waals surface area contributed by atoms with Crippen molar-refractivity contribution in [3.63, 3.8) is 0 Å². The fourth-order valence-corrected chi connectivity index (χ4v) is 2.40. The number of oxazole rings is 1. The van der Waals surface area contributed by atoms with Crippen LogP contribution in [0.5, 0.6) is 0 Å². The average Bonchev–Trinajstić information content (AvgIpc) is 2.85. The first-order chi connectivity index (χ1) is 9.79. The van der Waals surface area contributed by atoms with E-state index in [0.717, 1.165) is 19.2 Å². The molecule has 1 atom stereocenters. The number of amides is 1. The van der Waals surface area contributed by atoms with Crippen molar-refractivity contribution in [1.82, 2.24) is 9.88 Å². The van der Waals surface area contributed by atoms with Gasteiger partial charge in [-0.05, 0) is 40.0 Å². The Morgan fingerprint density at radius 1 is 1.43 bits per heavy atom. The summed E-state index contributed by atoms with van der Waals surface area (Å²) in [6, 6.07) is -0.442. The van der Waals surface area contributed by atoms with Gasteiger partial charge in [0.2, 0.25) is 0 Å². The summed E-state index contributed by atoms with van der Waals surface area (Å²) < 4.78 is 10.6. The molecular formula is C14H20N2O5. The molecule has 2 rings (SSSR count). The molecule has 21 heavy (non-hydrogen) atoms. The summed E-state index contributed by atoms with van der Waals surface area (Å²) in [5, 5.41) is 9.14. The molecule has 1 saturated heterocycles. The molecule has 1 N–H and O–H groups in total. The van der Waals surface area contributed by atoms with Crippen LogP contribution < -0.4 is 0 Å². The standard InChI is InChI=1S/C14H20N2O5/c1-14(2,3)21-13(19)16-7-5-4-6-9(16)11-10(12(17)18)15-8-20-11/h8-9H,4-7H2,1-3H3,(H,17,18). The van der Waals surface area contributed by atoms with Crippen LogP contribution in [0.1, 0.15) is 62.3 Å². The summed E-state index contributed by atoms with van der Waals surface area (Å²) in [5.41, 5.74) is -0.744. The third kappa shape index (κ3) is 3.53. The molecule has 2 heterocycles. The number of carbonyl (C=O) groups is 2. The van der Waals surface area contributed by atoms with E-state index in [4.69, 9.17) is 14.3 Å². The summed E-state index contributed by atoms with van der Waals surface area (Å²) in [6.07, 6.45) is 3.02. The molecule has 0 saturated carbocycles. The minimum absolute atomic E-state index is 0.143. The van der Waals surface area contributed by atoms with E-state index in [1.165, 1.54) is 4.90 Å². The van der Waals surface area contributed by atoms with Gasteiger partial charge in [0.05, 0.1) is 6.04 Å². The van der Waals surface area contributed by atoms with Crippen LogP contribution in [-0.4, -0.2) is 39.2 Å². The molecule has 1 aliphatic heterocycles. The Labute approximate surface area is 122 Å². The van der Waals surface area contributed by atoms with Gasteiger partial charge in [0.1, 0.15) is 5.60 Å². The number of likely N-dealkylation sites (tertiary alicyclic amines) is 1. The molecule has 0 bridgehead atoms. The predicted molar refractivity (Wildman–Crippen MR) is 73.0 cm³/mol. The highest BCUT2D eigenvalue weighted by Gasteiger charge is 2.36. The largest absolute Gasteiger partial charge is 0.476 e. The second-order valence-electron chi connectivity index (χ2n) is 6.06. The number of ether oxygens (including phenoxy) is 1. The zero-order chi connectivity index (χ0) is 15.6. The van der Waals surface area contributed by atoms with Crippen molar-refractivity contribution >= 4 is 12.1 Å². The Balaban J connectivity index is 2.25. The van der Waals surface area contributed by atoms with Crippen LogP contribution in [0.3, 0.4) is 0 Å². The molecule has 0 spiro atoms. The van der Waals surface area contributed by atoms with Crippen LogP contribution in [0.25, 0.3) is 0 Å². The van der Waals surface area contributed by atoms with E-state index in [1.54, 1.807) is 20.8 Å². The normalized spacial score (nSPS) is 19.4. The Morgan fingerprint density at radius 2 is 2.14 bits per heavy atom. The number of aromatic carboxylic acids is 1. The molecule has 1 unspecified atom stereocenters. The van der Waals surface area contributed by atoms with Gasteiger partial charge in [0, 0.05) is 6.54 Å². The average molecular weight is 296 g/mol. The lowest BCUT2D eigenvalue weighted by atomic mass is 9.99. The van der Waals surface area contributed by atoms with Crippen LogP contribution >= 0.6 is 0 Å². The Morgan fingerprint density at radius 3 is 2.76 bits per heavy atom. The number of carboxylic acid groups (broad SMARTS) is 1. The Bertz CT molecular complexity index is 532. The minimum Gasteiger partial charge on any atom is -0.476 e. The molecule has 0 aliphatic carbocycles. The summed E-state index contributed by atoms with van der Waals surface area (Å²) in [6.45, 7) is 5.89. The number of carbonyl (C=O) groups excluding carboxylic acids is 1. The number of nitrogens with zero attached hydrogens (tertiary/aromatic N) is 2. The molecule has 1 aliphatic rings. The van der Waals surface area contributed by atoms with E-state index < -0.39 is 23.7 Å². The fourth-order valence-electron chi connectivity index (χ4n) is 2.40. The fraction of sp³-hybridized carbons (Fsp3) is 0.643. The highest BCUT2D eigenvalue weighted by atomic mass is 16.6. The van der Waals surface area contributed by atoms with Crippen LogP contribution in [0.15, 0.2) is 10.8 Å². The number of carboxylic acids is 1. The van der Waals surface area contributed by atoms with Gasteiger partial charge in [0.25, 0.3) is 0 Å². The number of hydrogen-bond donors (Lipinski definition) is 1. The maximum Gasteiger partial charge on any atom is 0.410 e. The number of aromatic nitrogens is 1. The lowest BCUT2D eigenvalue weighted by molar-refractivity contribution is 0.00647. The van der Waals surface area contributed by atoms with E-state index >= 15 is 0 Å². The topological polar surface area (TPSA) is 92.9 Å². The molecule has 1 fully saturated rings. The van der Waals surface area contributed by atoms with E-state index in [-0.39, 0.29) is 11.5 Å². The Kier molecular flexibility index (Phi) is 4.20. The number of rotatable bonds is 2. The summed E-state index contributed by atoms with van der Waals surface area (Å²) in [4.78, 5) is 28.7. The quantitative estimate of drug-likeness (QED) is 0.902. The third-order valence-corrected chi connectivity index (χ3v) is 3.23. The van der Waals surface area contributed by atoms with Crippen LogP contribution in [0.2, 0.25) is 0 Å². The SMILES string of the molecule is CC(C)(C)OC(=O)N1CCCCC1c1ocnc1C(=O)O. The van der Waals surface area contributed by atoms with Gasteiger partial charge in [-0.25, -0.2) is 14.6 Å². The maximum atomic E-state index is 12.3. The lowest BCUT2D eigenvalue weighted by Crippen LogP contribution is -2.42. The number of hydrogen-bond acceptors (Lipinski definition) is 5. The van der Waals surface area contributed by atoms with E-state index in [9.17, 15) is 9.59 Å². The highest BCUT2D eigenvalue weighted by molar-refractivity contribution is 5.86. The van der Waals surface area contributed by atoms with Crippen molar-refractivity contribution in [3.8, 4) is 0 Å². The van der Waals surface area contributed by atoms with Crippen molar-refractivity contribution in [3.05, 3.63) is 17.8 Å². The van der Waals surface area contributed by atoms with Crippen LogP contribution in [0, 0.1) is 0 Å². The van der Waals surface area contributed by atoms with Crippen molar-refractivity contribution in [2.45, 2.75) is 51.7 Å². The highest BCUT2D eigenvalue weighted by Crippen LogP contribution is 2.33. The monoisotopic (exact) mass is 296 g/mol. The van der Waals surface area contributed by atoms with Gasteiger partial charge in [-0.1, -0.05) is 0 Å². The second-order valence-corrected chi connectivity index (χ2v) is 6.06. The zero-order valence-corrected chi connectivity index (χ0v) is 12.5. The molecule has 0 aromatic carbocycles. The first-order valence-corrected chi connectivity index (χ1v) is 6.96. The molecule has 7 heteroatoms. The second kappa shape index (κ2) is 5.75. The molecule has 1 aromatic rings. The minimum atomic E-state index is -1.16. The van der Waals surface area contributed by atoms with Gasteiger partial charge >= 0.3 is 12.1 Å². The first-order valence-electron chi connectivity index (χ1n) is 6.96. The van der Waals surface area contributed by atoms with E-state index in [1.807, 2.05) is 0 Å². The van der Waals surface area contributed by atoms with Crippen molar-refractivity contribution in [2.75, 3.05) is 6.54 Å². The van der Waals surface area contributed by atoms with Crippen LogP contribution in [-0.2, 0) is 4.74 Å². The van der Waals surface area contributed by atoms with Crippen molar-refractivity contribution in [1.29, 1.82) is 0 Å². The first kappa shape index (κ1) is 15.3. The van der Waals surface area contributed by atoms with Gasteiger partial charge < -0.3 is 14.3 Å². The van der Waals surface area contributed by atoms with E-state index in [2.05, 4.69) is 4.98 Å². The van der Waals surface area contributed by atoms with Gasteiger partial charge in [0.15, 0.2) is 17.8 Å². The van der Waals surface area contributed by atoms with Crippen molar-refractivity contribution in [2.24, 2.45) is 0 Å². The smallest absolute Gasteiger partial charge is 0.410 e. The molecule has 1 aromatic heterocycles. The zero-order valence-electron chi connectivity index (χ0n) is 12.5. The summed E-state index contributed by atoms with van der Waals surface area (Å²) in [5.74, 6) is -0.943. The summed E-state index contributed by atoms with van der Waals surface area (Å²) in [7, 11) is 0. The Hall–Kier alpha value is -2.05.